The number of aliphatic imine (C=N–C) groups is 1. The fourth-order valence-electron chi connectivity index (χ4n) is 2.88. The molecule has 1 aliphatic rings. The van der Waals surface area contributed by atoms with E-state index in [4.69, 9.17) is 0 Å². The van der Waals surface area contributed by atoms with Crippen molar-refractivity contribution in [2.45, 2.75) is 26.3 Å². The molecule has 1 atom stereocenters. The molecule has 0 bridgehead atoms. The Morgan fingerprint density at radius 2 is 2.00 bits per heavy atom. The molecule has 1 heterocycles. The van der Waals surface area contributed by atoms with Crippen LogP contribution < -0.4 is 15.5 Å². The van der Waals surface area contributed by atoms with Crippen molar-refractivity contribution in [2.24, 2.45) is 4.99 Å². The topological polar surface area (TPSA) is 42.9 Å². The van der Waals surface area contributed by atoms with Crippen LogP contribution in [0.5, 0.6) is 0 Å². The van der Waals surface area contributed by atoms with Gasteiger partial charge in [0.15, 0.2) is 5.96 Å². The molecule has 0 aromatic heterocycles. The summed E-state index contributed by atoms with van der Waals surface area (Å²) in [7, 11) is 2.06. The van der Waals surface area contributed by atoms with Crippen molar-refractivity contribution in [1.82, 2.24) is 15.5 Å². The Balaban J connectivity index is 0.00000338. The first-order valence-electron chi connectivity index (χ1n) is 8.97. The summed E-state index contributed by atoms with van der Waals surface area (Å²) in [6, 6.07) is 4.10. The van der Waals surface area contributed by atoms with Gasteiger partial charge < -0.3 is 20.4 Å². The van der Waals surface area contributed by atoms with Gasteiger partial charge in [0.2, 0.25) is 0 Å². The molecule has 148 valence electrons. The maximum absolute atomic E-state index is 13.9. The number of nitrogens with zero attached hydrogens (tertiary/aromatic N) is 3. The van der Waals surface area contributed by atoms with E-state index in [0.29, 0.717) is 19.6 Å². The number of halogens is 3. The Kier molecular flexibility index (Phi) is 10.1. The summed E-state index contributed by atoms with van der Waals surface area (Å²) >= 11 is 0. The summed E-state index contributed by atoms with van der Waals surface area (Å²) in [6.45, 7) is 8.67. The van der Waals surface area contributed by atoms with Crippen molar-refractivity contribution >= 4 is 35.6 Å². The molecular weight excluding hydrogens is 451 g/mol. The molecule has 2 N–H and O–H groups in total. The van der Waals surface area contributed by atoms with Crippen LogP contribution in [0.3, 0.4) is 0 Å². The molecule has 0 saturated carbocycles. The standard InChI is InChI=1S/C18H29F2N5.HI/c1-4-21-18(22-10-12-24(3)5-2)23-14-9-11-25(13-14)17-15(19)7-6-8-16(17)20;/h6-8,14H,4-5,9-13H2,1-3H3,(H2,21,22,23);1H. The maximum atomic E-state index is 13.9. The molecule has 1 aliphatic heterocycles. The number of hydrogen-bond donors (Lipinski definition) is 2. The predicted molar refractivity (Wildman–Crippen MR) is 115 cm³/mol. The van der Waals surface area contributed by atoms with Crippen LogP contribution in [0.1, 0.15) is 20.3 Å². The lowest BCUT2D eigenvalue weighted by atomic mass is 10.2. The zero-order valence-electron chi connectivity index (χ0n) is 15.8. The molecule has 2 rings (SSSR count). The second-order valence-corrected chi connectivity index (χ2v) is 6.30. The van der Waals surface area contributed by atoms with Gasteiger partial charge >= 0.3 is 0 Å². The van der Waals surface area contributed by atoms with E-state index in [1.54, 1.807) is 4.90 Å². The van der Waals surface area contributed by atoms with Crippen LogP contribution in [0.4, 0.5) is 14.5 Å². The minimum Gasteiger partial charge on any atom is -0.365 e. The molecular formula is C18H30F2IN5. The summed E-state index contributed by atoms with van der Waals surface area (Å²) in [4.78, 5) is 8.54. The van der Waals surface area contributed by atoms with Crippen LogP contribution in [0, 0.1) is 11.6 Å². The summed E-state index contributed by atoms with van der Waals surface area (Å²) in [6.07, 6.45) is 0.813. The molecule has 0 aliphatic carbocycles. The summed E-state index contributed by atoms with van der Waals surface area (Å²) in [5.74, 6) is -0.263. The molecule has 0 spiro atoms. The first-order chi connectivity index (χ1) is 12.0. The quantitative estimate of drug-likeness (QED) is 0.357. The Labute approximate surface area is 172 Å². The molecule has 0 amide bonds. The summed E-state index contributed by atoms with van der Waals surface area (Å²) < 4.78 is 27.9. The van der Waals surface area contributed by atoms with Crippen molar-refractivity contribution in [2.75, 3.05) is 51.2 Å². The normalized spacial score (nSPS) is 17.4. The third-order valence-electron chi connectivity index (χ3n) is 4.42. The average Bonchev–Trinajstić information content (AvgIpc) is 3.02. The van der Waals surface area contributed by atoms with E-state index in [1.165, 1.54) is 18.2 Å². The highest BCUT2D eigenvalue weighted by atomic mass is 127. The van der Waals surface area contributed by atoms with Gasteiger partial charge in [-0.2, -0.15) is 0 Å². The van der Waals surface area contributed by atoms with E-state index >= 15 is 0 Å². The highest BCUT2D eigenvalue weighted by molar-refractivity contribution is 14.0. The van der Waals surface area contributed by atoms with E-state index in [9.17, 15) is 8.78 Å². The minimum atomic E-state index is -0.510. The van der Waals surface area contributed by atoms with Gasteiger partial charge in [-0.15, -0.1) is 24.0 Å². The van der Waals surface area contributed by atoms with Crippen LogP contribution in [-0.4, -0.2) is 63.2 Å². The van der Waals surface area contributed by atoms with Crippen LogP contribution in [0.2, 0.25) is 0 Å². The van der Waals surface area contributed by atoms with E-state index < -0.39 is 11.6 Å². The number of likely N-dealkylation sites (N-methyl/N-ethyl adjacent to an activating group) is 1. The van der Waals surface area contributed by atoms with Crippen molar-refractivity contribution in [3.63, 3.8) is 0 Å². The van der Waals surface area contributed by atoms with Gasteiger partial charge in [-0.05, 0) is 39.1 Å². The predicted octanol–water partition coefficient (Wildman–Crippen LogP) is 2.67. The minimum absolute atomic E-state index is 0. The van der Waals surface area contributed by atoms with E-state index in [1.807, 2.05) is 6.92 Å². The van der Waals surface area contributed by atoms with Crippen LogP contribution in [0.15, 0.2) is 23.2 Å². The average molecular weight is 481 g/mol. The van der Waals surface area contributed by atoms with Gasteiger partial charge in [-0.25, -0.2) is 8.78 Å². The van der Waals surface area contributed by atoms with Crippen molar-refractivity contribution in [1.29, 1.82) is 0 Å². The Morgan fingerprint density at radius 1 is 1.31 bits per heavy atom. The van der Waals surface area contributed by atoms with Crippen LogP contribution in [0.25, 0.3) is 0 Å². The highest BCUT2D eigenvalue weighted by Crippen LogP contribution is 2.26. The van der Waals surface area contributed by atoms with Crippen LogP contribution in [-0.2, 0) is 0 Å². The van der Waals surface area contributed by atoms with E-state index in [2.05, 4.69) is 34.5 Å². The lowest BCUT2D eigenvalue weighted by Crippen LogP contribution is -2.45. The second kappa shape index (κ2) is 11.5. The Bertz CT molecular complexity index is 564. The largest absolute Gasteiger partial charge is 0.365 e. The van der Waals surface area contributed by atoms with E-state index in [-0.39, 0.29) is 35.7 Å². The number of hydrogen-bond acceptors (Lipinski definition) is 3. The molecule has 1 saturated heterocycles. The second-order valence-electron chi connectivity index (χ2n) is 6.30. The van der Waals surface area contributed by atoms with E-state index in [0.717, 1.165) is 32.0 Å². The molecule has 1 fully saturated rings. The number of benzene rings is 1. The van der Waals surface area contributed by atoms with Crippen molar-refractivity contribution < 1.29 is 8.78 Å². The fraction of sp³-hybridized carbons (Fsp3) is 0.611. The van der Waals surface area contributed by atoms with Crippen molar-refractivity contribution in [3.8, 4) is 0 Å². The molecule has 1 unspecified atom stereocenters. The monoisotopic (exact) mass is 481 g/mol. The maximum Gasteiger partial charge on any atom is 0.191 e. The Hall–Kier alpha value is -1.16. The third-order valence-corrected chi connectivity index (χ3v) is 4.42. The Morgan fingerprint density at radius 3 is 2.62 bits per heavy atom. The van der Waals surface area contributed by atoms with Gasteiger partial charge in [0, 0.05) is 32.2 Å². The molecule has 5 nitrogen and oxygen atoms in total. The summed E-state index contributed by atoms with van der Waals surface area (Å²) in [5, 5.41) is 6.61. The molecule has 1 aromatic rings. The number of nitrogens with one attached hydrogen (secondary N) is 2. The van der Waals surface area contributed by atoms with Crippen LogP contribution >= 0.6 is 24.0 Å². The van der Waals surface area contributed by atoms with Gasteiger partial charge in [0.25, 0.3) is 0 Å². The smallest absolute Gasteiger partial charge is 0.191 e. The summed E-state index contributed by atoms with van der Waals surface area (Å²) in [5.41, 5.74) is 0.0679. The molecule has 26 heavy (non-hydrogen) atoms. The fourth-order valence-corrected chi connectivity index (χ4v) is 2.88. The number of anilines is 1. The van der Waals surface area contributed by atoms with Gasteiger partial charge in [0.05, 0.1) is 6.54 Å². The first kappa shape index (κ1) is 22.9. The number of rotatable bonds is 7. The first-order valence-corrected chi connectivity index (χ1v) is 8.97. The number of para-hydroxylation sites is 1. The zero-order chi connectivity index (χ0) is 18.2. The molecule has 0 radical (unpaired) electrons. The number of guanidine groups is 1. The zero-order valence-corrected chi connectivity index (χ0v) is 18.1. The molecule has 8 heteroatoms. The third kappa shape index (κ3) is 6.53. The van der Waals surface area contributed by atoms with Crippen molar-refractivity contribution in [3.05, 3.63) is 29.8 Å². The van der Waals surface area contributed by atoms with Gasteiger partial charge in [-0.1, -0.05) is 13.0 Å². The SMILES string of the molecule is CCNC(=NCCN(C)CC)NC1CCN(c2c(F)cccc2F)C1.I. The lowest BCUT2D eigenvalue weighted by Gasteiger charge is -2.21. The molecule has 1 aromatic carbocycles. The van der Waals surface area contributed by atoms with Gasteiger partial charge in [-0.3, -0.25) is 4.99 Å². The lowest BCUT2D eigenvalue weighted by molar-refractivity contribution is 0.363. The highest BCUT2D eigenvalue weighted by Gasteiger charge is 2.27. The van der Waals surface area contributed by atoms with Gasteiger partial charge in [0.1, 0.15) is 17.3 Å².